The van der Waals surface area contributed by atoms with Gasteiger partial charge in [0.1, 0.15) is 13.2 Å². The second-order valence-corrected chi connectivity index (χ2v) is 3.74. The Morgan fingerprint density at radius 2 is 2.06 bits per heavy atom. The molecule has 5 nitrogen and oxygen atoms in total. The molecule has 0 radical (unpaired) electrons. The van der Waals surface area contributed by atoms with Gasteiger partial charge in [-0.15, -0.1) is 0 Å². The fourth-order valence-electron chi connectivity index (χ4n) is 1.53. The monoisotopic (exact) mass is 236 g/mol. The van der Waals surface area contributed by atoms with E-state index in [-0.39, 0.29) is 6.03 Å². The molecule has 17 heavy (non-hydrogen) atoms. The van der Waals surface area contributed by atoms with Gasteiger partial charge in [-0.05, 0) is 18.6 Å². The molecule has 0 saturated carbocycles. The van der Waals surface area contributed by atoms with Gasteiger partial charge in [-0.1, -0.05) is 6.92 Å². The predicted molar refractivity (Wildman–Crippen MR) is 64.7 cm³/mol. The molecule has 2 amide bonds. The molecule has 1 aromatic rings. The Bertz CT molecular complexity index is 407. The summed E-state index contributed by atoms with van der Waals surface area (Å²) in [6, 6.07) is 5.15. The quantitative estimate of drug-likeness (QED) is 0.843. The lowest BCUT2D eigenvalue weighted by Gasteiger charge is -2.19. The second-order valence-electron chi connectivity index (χ2n) is 3.74. The summed E-state index contributed by atoms with van der Waals surface area (Å²) in [5, 5.41) is 5.48. The first-order valence-electron chi connectivity index (χ1n) is 5.74. The molecule has 92 valence electrons. The molecule has 1 aliphatic heterocycles. The van der Waals surface area contributed by atoms with Crippen molar-refractivity contribution in [3.63, 3.8) is 0 Å². The molecular weight excluding hydrogens is 220 g/mol. The molecule has 5 heteroatoms. The minimum Gasteiger partial charge on any atom is -0.486 e. The summed E-state index contributed by atoms with van der Waals surface area (Å²) in [4.78, 5) is 11.4. The SMILES string of the molecule is CCCNC(=O)Nc1ccc2c(c1)OCCO2. The van der Waals surface area contributed by atoms with Gasteiger partial charge in [0.2, 0.25) is 0 Å². The Morgan fingerprint density at radius 3 is 2.82 bits per heavy atom. The van der Waals surface area contributed by atoms with Crippen molar-refractivity contribution in [1.82, 2.24) is 5.32 Å². The maximum Gasteiger partial charge on any atom is 0.319 e. The standard InChI is InChI=1S/C12H16N2O3/c1-2-5-13-12(15)14-9-3-4-10-11(8-9)17-7-6-16-10/h3-4,8H,2,5-7H2,1H3,(H2,13,14,15). The summed E-state index contributed by atoms with van der Waals surface area (Å²) in [5.74, 6) is 1.39. The van der Waals surface area contributed by atoms with Crippen LogP contribution in [0.1, 0.15) is 13.3 Å². The van der Waals surface area contributed by atoms with Gasteiger partial charge in [0, 0.05) is 18.3 Å². The molecule has 0 aromatic heterocycles. The van der Waals surface area contributed by atoms with Gasteiger partial charge in [-0.3, -0.25) is 0 Å². The van der Waals surface area contributed by atoms with E-state index in [4.69, 9.17) is 9.47 Å². The molecule has 0 aliphatic carbocycles. The maximum absolute atomic E-state index is 11.4. The Kier molecular flexibility index (Phi) is 3.69. The number of carbonyl (C=O) groups excluding carboxylic acids is 1. The van der Waals surface area contributed by atoms with Gasteiger partial charge < -0.3 is 20.1 Å². The lowest BCUT2D eigenvalue weighted by molar-refractivity contribution is 0.171. The van der Waals surface area contributed by atoms with Crippen LogP contribution < -0.4 is 20.1 Å². The van der Waals surface area contributed by atoms with E-state index in [1.165, 1.54) is 0 Å². The highest BCUT2D eigenvalue weighted by atomic mass is 16.6. The largest absolute Gasteiger partial charge is 0.486 e. The van der Waals surface area contributed by atoms with E-state index in [0.29, 0.717) is 31.2 Å². The summed E-state index contributed by atoms with van der Waals surface area (Å²) in [5.41, 5.74) is 0.697. The number of ether oxygens (including phenoxy) is 2. The zero-order valence-electron chi connectivity index (χ0n) is 9.79. The van der Waals surface area contributed by atoms with Crippen LogP contribution in [0.4, 0.5) is 10.5 Å². The van der Waals surface area contributed by atoms with Crippen molar-refractivity contribution in [2.24, 2.45) is 0 Å². The van der Waals surface area contributed by atoms with Crippen LogP contribution in [0.2, 0.25) is 0 Å². The Labute approximate surface area is 100 Å². The second kappa shape index (κ2) is 5.43. The van der Waals surface area contributed by atoms with Crippen molar-refractivity contribution in [3.8, 4) is 11.5 Å². The summed E-state index contributed by atoms with van der Waals surface area (Å²) in [6.45, 7) is 3.77. The van der Waals surface area contributed by atoms with Gasteiger partial charge in [0.15, 0.2) is 11.5 Å². The van der Waals surface area contributed by atoms with Crippen molar-refractivity contribution in [2.45, 2.75) is 13.3 Å². The number of benzene rings is 1. The topological polar surface area (TPSA) is 59.6 Å². The number of urea groups is 1. The van der Waals surface area contributed by atoms with Crippen LogP contribution in [0.15, 0.2) is 18.2 Å². The highest BCUT2D eigenvalue weighted by Crippen LogP contribution is 2.32. The van der Waals surface area contributed by atoms with Crippen molar-refractivity contribution in [3.05, 3.63) is 18.2 Å². The van der Waals surface area contributed by atoms with Gasteiger partial charge in [0.05, 0.1) is 0 Å². The average Bonchev–Trinajstić information content (AvgIpc) is 2.36. The van der Waals surface area contributed by atoms with E-state index in [0.717, 1.165) is 12.2 Å². The van der Waals surface area contributed by atoms with Crippen LogP contribution in [0.5, 0.6) is 11.5 Å². The number of carbonyl (C=O) groups is 1. The summed E-state index contributed by atoms with van der Waals surface area (Å²) >= 11 is 0. The Morgan fingerprint density at radius 1 is 1.29 bits per heavy atom. The van der Waals surface area contributed by atoms with Gasteiger partial charge in [0.25, 0.3) is 0 Å². The molecule has 0 saturated heterocycles. The van der Waals surface area contributed by atoms with Crippen LogP contribution in [0.3, 0.4) is 0 Å². The third-order valence-corrected chi connectivity index (χ3v) is 2.34. The number of amides is 2. The molecule has 1 aliphatic rings. The molecule has 1 aromatic carbocycles. The lowest BCUT2D eigenvalue weighted by atomic mass is 10.2. The molecule has 0 unspecified atom stereocenters. The summed E-state index contributed by atoms with van der Waals surface area (Å²) < 4.78 is 10.8. The van der Waals surface area contributed by atoms with Crippen LogP contribution in [-0.2, 0) is 0 Å². The van der Waals surface area contributed by atoms with E-state index < -0.39 is 0 Å². The highest BCUT2D eigenvalue weighted by Gasteiger charge is 2.12. The minimum absolute atomic E-state index is 0.205. The first-order valence-corrected chi connectivity index (χ1v) is 5.74. The third-order valence-electron chi connectivity index (χ3n) is 2.34. The normalized spacial score (nSPS) is 13.0. The number of rotatable bonds is 3. The van der Waals surface area contributed by atoms with E-state index in [1.807, 2.05) is 6.92 Å². The van der Waals surface area contributed by atoms with E-state index in [1.54, 1.807) is 18.2 Å². The van der Waals surface area contributed by atoms with Crippen molar-refractivity contribution >= 4 is 11.7 Å². The van der Waals surface area contributed by atoms with Crippen LogP contribution >= 0.6 is 0 Å². The number of fused-ring (bicyclic) bond motifs is 1. The van der Waals surface area contributed by atoms with E-state index in [2.05, 4.69) is 10.6 Å². The number of hydrogen-bond donors (Lipinski definition) is 2. The summed E-state index contributed by atoms with van der Waals surface area (Å²) in [6.07, 6.45) is 0.911. The Hall–Kier alpha value is -1.91. The molecule has 1 heterocycles. The average molecular weight is 236 g/mol. The molecule has 0 fully saturated rings. The first kappa shape index (κ1) is 11.6. The van der Waals surface area contributed by atoms with Gasteiger partial charge >= 0.3 is 6.03 Å². The van der Waals surface area contributed by atoms with Crippen molar-refractivity contribution in [2.75, 3.05) is 25.1 Å². The maximum atomic E-state index is 11.4. The lowest BCUT2D eigenvalue weighted by Crippen LogP contribution is -2.29. The van der Waals surface area contributed by atoms with Crippen molar-refractivity contribution < 1.29 is 14.3 Å². The zero-order chi connectivity index (χ0) is 12.1. The highest BCUT2D eigenvalue weighted by molar-refractivity contribution is 5.89. The number of hydrogen-bond acceptors (Lipinski definition) is 3. The van der Waals surface area contributed by atoms with E-state index in [9.17, 15) is 4.79 Å². The van der Waals surface area contributed by atoms with Gasteiger partial charge in [-0.2, -0.15) is 0 Å². The first-order chi connectivity index (χ1) is 8.29. The predicted octanol–water partition coefficient (Wildman–Crippen LogP) is 1.99. The fourth-order valence-corrected chi connectivity index (χ4v) is 1.53. The van der Waals surface area contributed by atoms with Gasteiger partial charge in [-0.25, -0.2) is 4.79 Å². The Balaban J connectivity index is 1.99. The summed E-state index contributed by atoms with van der Waals surface area (Å²) in [7, 11) is 0. The molecule has 0 spiro atoms. The smallest absolute Gasteiger partial charge is 0.319 e. The van der Waals surface area contributed by atoms with Crippen molar-refractivity contribution in [1.29, 1.82) is 0 Å². The molecule has 0 bridgehead atoms. The zero-order valence-corrected chi connectivity index (χ0v) is 9.79. The van der Waals surface area contributed by atoms with Crippen LogP contribution in [0.25, 0.3) is 0 Å². The molecule has 0 atom stereocenters. The number of nitrogens with one attached hydrogen (secondary N) is 2. The minimum atomic E-state index is -0.205. The number of anilines is 1. The third kappa shape index (κ3) is 3.03. The molecule has 2 N–H and O–H groups in total. The van der Waals surface area contributed by atoms with Crippen LogP contribution in [0, 0.1) is 0 Å². The van der Waals surface area contributed by atoms with E-state index >= 15 is 0 Å². The molecular formula is C12H16N2O3. The molecule has 2 rings (SSSR count). The van der Waals surface area contributed by atoms with Crippen LogP contribution in [-0.4, -0.2) is 25.8 Å². The fraction of sp³-hybridized carbons (Fsp3) is 0.417.